The van der Waals surface area contributed by atoms with E-state index in [0.29, 0.717) is 6.54 Å². The summed E-state index contributed by atoms with van der Waals surface area (Å²) >= 11 is 0. The van der Waals surface area contributed by atoms with E-state index in [1.54, 1.807) is 6.92 Å². The molecule has 0 spiro atoms. The van der Waals surface area contributed by atoms with Crippen molar-refractivity contribution >= 4 is 11.8 Å². The summed E-state index contributed by atoms with van der Waals surface area (Å²) in [6.07, 6.45) is 1.05. The van der Waals surface area contributed by atoms with Crippen LogP contribution in [-0.4, -0.2) is 41.9 Å². The molecule has 1 aromatic carbocycles. The van der Waals surface area contributed by atoms with Crippen LogP contribution in [0.15, 0.2) is 24.3 Å². The Hall–Kier alpha value is -1.88. The van der Waals surface area contributed by atoms with Crippen molar-refractivity contribution in [1.82, 2.24) is 15.5 Å². The second kappa shape index (κ2) is 8.00. The van der Waals surface area contributed by atoms with Crippen LogP contribution < -0.4 is 10.6 Å². The van der Waals surface area contributed by atoms with Crippen LogP contribution in [0.25, 0.3) is 0 Å². The van der Waals surface area contributed by atoms with Crippen LogP contribution >= 0.6 is 0 Å². The average Bonchev–Trinajstić information content (AvgIpc) is 2.57. The molecule has 0 bridgehead atoms. The van der Waals surface area contributed by atoms with Crippen LogP contribution in [0.5, 0.6) is 0 Å². The molecule has 1 aromatic rings. The van der Waals surface area contributed by atoms with Crippen molar-refractivity contribution in [3.8, 4) is 0 Å². The first-order valence-corrected chi connectivity index (χ1v) is 9.08. The maximum Gasteiger partial charge on any atom is 0.242 e. The molecule has 0 aromatic heterocycles. The van der Waals surface area contributed by atoms with E-state index in [1.165, 1.54) is 11.1 Å². The summed E-state index contributed by atoms with van der Waals surface area (Å²) in [7, 11) is 0. The second-order valence-electron chi connectivity index (χ2n) is 8.03. The summed E-state index contributed by atoms with van der Waals surface area (Å²) in [4.78, 5) is 26.6. The molecule has 2 rings (SSSR count). The van der Waals surface area contributed by atoms with E-state index in [0.717, 1.165) is 19.5 Å². The van der Waals surface area contributed by atoms with Gasteiger partial charge in [0, 0.05) is 31.1 Å². The molecule has 2 N–H and O–H groups in total. The van der Waals surface area contributed by atoms with Crippen LogP contribution in [-0.2, 0) is 22.6 Å². The second-order valence-corrected chi connectivity index (χ2v) is 8.03. The lowest BCUT2D eigenvalue weighted by molar-refractivity contribution is -0.133. The van der Waals surface area contributed by atoms with Gasteiger partial charge in [0.2, 0.25) is 11.8 Å². The summed E-state index contributed by atoms with van der Waals surface area (Å²) in [5.74, 6) is -0.252. The van der Waals surface area contributed by atoms with Gasteiger partial charge >= 0.3 is 0 Å². The summed E-state index contributed by atoms with van der Waals surface area (Å²) in [6, 6.07) is 8.26. The molecule has 0 fully saturated rings. The molecule has 138 valence electrons. The predicted molar refractivity (Wildman–Crippen MR) is 100 cm³/mol. The molecular weight excluding hydrogens is 314 g/mol. The number of hydrogen-bond acceptors (Lipinski definition) is 3. The first-order valence-electron chi connectivity index (χ1n) is 9.08. The normalized spacial score (nSPS) is 17.3. The highest BCUT2D eigenvalue weighted by molar-refractivity contribution is 5.89. The van der Waals surface area contributed by atoms with Crippen molar-refractivity contribution in [3.05, 3.63) is 35.4 Å². The molecule has 2 atom stereocenters. The highest BCUT2D eigenvalue weighted by Gasteiger charge is 2.26. The van der Waals surface area contributed by atoms with Gasteiger partial charge in [0.1, 0.15) is 6.04 Å². The van der Waals surface area contributed by atoms with Gasteiger partial charge in [0.25, 0.3) is 0 Å². The maximum atomic E-state index is 12.2. The Balaban J connectivity index is 1.81. The number of hydrogen-bond donors (Lipinski definition) is 2. The first-order chi connectivity index (χ1) is 11.7. The maximum absolute atomic E-state index is 12.2. The molecule has 5 heteroatoms. The van der Waals surface area contributed by atoms with Gasteiger partial charge in [-0.3, -0.25) is 14.5 Å². The first kappa shape index (κ1) is 19.4. The molecule has 2 unspecified atom stereocenters. The molecule has 1 aliphatic rings. The lowest BCUT2D eigenvalue weighted by Gasteiger charge is -2.34. The highest BCUT2D eigenvalue weighted by Crippen LogP contribution is 2.20. The van der Waals surface area contributed by atoms with Crippen molar-refractivity contribution in [2.24, 2.45) is 5.41 Å². The zero-order valence-electron chi connectivity index (χ0n) is 16.1. The topological polar surface area (TPSA) is 61.4 Å². The van der Waals surface area contributed by atoms with Gasteiger partial charge in [0.15, 0.2) is 0 Å². The van der Waals surface area contributed by atoms with E-state index in [4.69, 9.17) is 0 Å². The highest BCUT2D eigenvalue weighted by atomic mass is 16.2. The third-order valence-electron chi connectivity index (χ3n) is 4.78. The number of nitrogens with one attached hydrogen (secondary N) is 2. The zero-order chi connectivity index (χ0) is 18.6. The van der Waals surface area contributed by atoms with Crippen LogP contribution in [0, 0.1) is 5.41 Å². The van der Waals surface area contributed by atoms with Gasteiger partial charge < -0.3 is 10.6 Å². The zero-order valence-corrected chi connectivity index (χ0v) is 16.1. The molecule has 0 saturated carbocycles. The van der Waals surface area contributed by atoms with Gasteiger partial charge in [-0.1, -0.05) is 45.0 Å². The number of amides is 2. The summed E-state index contributed by atoms with van der Waals surface area (Å²) in [5, 5.41) is 5.74. The molecule has 1 heterocycles. The molecule has 0 radical (unpaired) electrons. The molecule has 25 heavy (non-hydrogen) atoms. The predicted octanol–water partition coefficient (Wildman–Crippen LogP) is 2.10. The van der Waals surface area contributed by atoms with Crippen LogP contribution in [0.1, 0.15) is 45.7 Å². The summed E-state index contributed by atoms with van der Waals surface area (Å²) < 4.78 is 0. The Kier molecular flexibility index (Phi) is 6.22. The third kappa shape index (κ3) is 5.30. The van der Waals surface area contributed by atoms with E-state index in [2.05, 4.69) is 46.7 Å². The lowest BCUT2D eigenvalue weighted by Crippen LogP contribution is -2.51. The number of carbonyl (C=O) groups excluding carboxylic acids is 2. The quantitative estimate of drug-likeness (QED) is 0.859. The minimum Gasteiger partial charge on any atom is -0.353 e. The molecular formula is C20H31N3O2. The van der Waals surface area contributed by atoms with Crippen LogP contribution in [0.4, 0.5) is 0 Å². The third-order valence-corrected chi connectivity index (χ3v) is 4.78. The minimum atomic E-state index is -0.527. The summed E-state index contributed by atoms with van der Waals surface area (Å²) in [6.45, 7) is 11.9. The number of benzene rings is 1. The molecule has 2 amide bonds. The minimum absolute atomic E-state index is 0.115. The number of carbonyl (C=O) groups is 2. The van der Waals surface area contributed by atoms with E-state index in [9.17, 15) is 9.59 Å². The summed E-state index contributed by atoms with van der Waals surface area (Å²) in [5.41, 5.74) is 2.30. The van der Waals surface area contributed by atoms with Gasteiger partial charge in [-0.15, -0.1) is 0 Å². The lowest BCUT2D eigenvalue weighted by atomic mass is 9.95. The average molecular weight is 345 g/mol. The fourth-order valence-corrected chi connectivity index (χ4v) is 2.90. The van der Waals surface area contributed by atoms with E-state index in [-0.39, 0.29) is 17.9 Å². The molecule has 0 saturated heterocycles. The van der Waals surface area contributed by atoms with Gasteiger partial charge in [0.05, 0.1) is 0 Å². The van der Waals surface area contributed by atoms with Crippen molar-refractivity contribution < 1.29 is 9.59 Å². The van der Waals surface area contributed by atoms with Crippen molar-refractivity contribution in [2.75, 3.05) is 13.1 Å². The largest absolute Gasteiger partial charge is 0.353 e. The van der Waals surface area contributed by atoms with Crippen LogP contribution in [0.3, 0.4) is 0 Å². The van der Waals surface area contributed by atoms with Gasteiger partial charge in [-0.05, 0) is 31.4 Å². The van der Waals surface area contributed by atoms with E-state index in [1.807, 2.05) is 20.8 Å². The van der Waals surface area contributed by atoms with Crippen molar-refractivity contribution in [2.45, 2.75) is 59.7 Å². The molecule has 5 nitrogen and oxygen atoms in total. The smallest absolute Gasteiger partial charge is 0.242 e. The van der Waals surface area contributed by atoms with E-state index >= 15 is 0 Å². The Bertz CT molecular complexity index is 622. The standard InChI is InChI=1S/C20H31N3O2/c1-14(23-11-10-16-8-6-7-9-17(16)13-23)12-21-18(24)15(2)22-19(25)20(3,4)5/h6-9,14-15H,10-13H2,1-5H3,(H,21,24)(H,22,25). The van der Waals surface area contributed by atoms with Crippen molar-refractivity contribution in [3.63, 3.8) is 0 Å². The Morgan fingerprint density at radius 3 is 2.44 bits per heavy atom. The van der Waals surface area contributed by atoms with Gasteiger partial charge in [-0.25, -0.2) is 0 Å². The monoisotopic (exact) mass is 345 g/mol. The fraction of sp³-hybridized carbons (Fsp3) is 0.600. The van der Waals surface area contributed by atoms with Crippen molar-refractivity contribution in [1.29, 1.82) is 0 Å². The SMILES string of the molecule is CC(NC(=O)C(C)(C)C)C(=O)NCC(C)N1CCc2ccccc2C1. The fourth-order valence-electron chi connectivity index (χ4n) is 2.90. The van der Waals surface area contributed by atoms with Crippen LogP contribution in [0.2, 0.25) is 0 Å². The molecule has 1 aliphatic heterocycles. The number of fused-ring (bicyclic) bond motifs is 1. The Morgan fingerprint density at radius 1 is 1.16 bits per heavy atom. The molecule has 0 aliphatic carbocycles. The Labute approximate surface area is 151 Å². The number of nitrogens with zero attached hydrogens (tertiary/aromatic N) is 1. The number of rotatable bonds is 5. The Morgan fingerprint density at radius 2 is 1.80 bits per heavy atom. The van der Waals surface area contributed by atoms with Gasteiger partial charge in [-0.2, -0.15) is 0 Å². The van der Waals surface area contributed by atoms with E-state index < -0.39 is 11.5 Å².